The second kappa shape index (κ2) is 5.85. The third-order valence-electron chi connectivity index (χ3n) is 3.37. The Morgan fingerprint density at radius 1 is 1.25 bits per heavy atom. The summed E-state index contributed by atoms with van der Waals surface area (Å²) in [6.45, 7) is 6.88. The Hall–Kier alpha value is -1.52. The van der Waals surface area contributed by atoms with E-state index in [0.29, 0.717) is 18.2 Å². The van der Waals surface area contributed by atoms with Crippen molar-refractivity contribution in [3.63, 3.8) is 0 Å². The monoisotopic (exact) mass is 293 g/mol. The minimum atomic E-state index is 0.403. The highest BCUT2D eigenvalue weighted by atomic mass is 35.5. The van der Waals surface area contributed by atoms with Crippen LogP contribution in [0, 0.1) is 20.8 Å². The van der Waals surface area contributed by atoms with Crippen LogP contribution in [-0.4, -0.2) is 9.78 Å². The highest BCUT2D eigenvalue weighted by molar-refractivity contribution is 6.31. The first-order chi connectivity index (χ1) is 9.43. The standard InChI is InChI=1S/C15H20ClN3O/c1-9-5-12(7-17)6-10(2)15(9)20-8-13-14(16)11(3)18-19(13)4/h5-6H,7-8,17H2,1-4H3. The maximum Gasteiger partial charge on any atom is 0.131 e. The number of ether oxygens (including phenoxy) is 1. The van der Waals surface area contributed by atoms with E-state index in [2.05, 4.69) is 17.2 Å². The van der Waals surface area contributed by atoms with Crippen LogP contribution in [0.25, 0.3) is 0 Å². The lowest BCUT2D eigenvalue weighted by atomic mass is 10.1. The fraction of sp³-hybridized carbons (Fsp3) is 0.400. The minimum absolute atomic E-state index is 0.403. The number of nitrogens with zero attached hydrogens (tertiary/aromatic N) is 2. The van der Waals surface area contributed by atoms with Crippen molar-refractivity contribution in [1.29, 1.82) is 0 Å². The van der Waals surface area contributed by atoms with E-state index in [4.69, 9.17) is 22.1 Å². The topological polar surface area (TPSA) is 53.1 Å². The Morgan fingerprint density at radius 2 is 1.85 bits per heavy atom. The number of hydrogen-bond acceptors (Lipinski definition) is 3. The molecule has 0 amide bonds. The van der Waals surface area contributed by atoms with E-state index < -0.39 is 0 Å². The maximum absolute atomic E-state index is 6.23. The molecule has 0 bridgehead atoms. The lowest BCUT2D eigenvalue weighted by molar-refractivity contribution is 0.291. The van der Waals surface area contributed by atoms with Gasteiger partial charge in [0.05, 0.1) is 16.4 Å². The van der Waals surface area contributed by atoms with Gasteiger partial charge in [-0.15, -0.1) is 0 Å². The highest BCUT2D eigenvalue weighted by Gasteiger charge is 2.13. The molecule has 0 aliphatic carbocycles. The van der Waals surface area contributed by atoms with Gasteiger partial charge in [0, 0.05) is 13.6 Å². The molecule has 1 heterocycles. The number of aromatic nitrogens is 2. The van der Waals surface area contributed by atoms with E-state index in [9.17, 15) is 0 Å². The van der Waals surface area contributed by atoms with E-state index in [1.165, 1.54) is 0 Å². The predicted octanol–water partition coefficient (Wildman–Crippen LogP) is 3.04. The summed E-state index contributed by atoms with van der Waals surface area (Å²) in [5, 5.41) is 4.95. The smallest absolute Gasteiger partial charge is 0.131 e. The predicted molar refractivity (Wildman–Crippen MR) is 81.1 cm³/mol. The van der Waals surface area contributed by atoms with Gasteiger partial charge in [0.2, 0.25) is 0 Å². The second-order valence-corrected chi connectivity index (χ2v) is 5.40. The third-order valence-corrected chi connectivity index (χ3v) is 3.86. The number of benzene rings is 1. The molecule has 0 spiro atoms. The Balaban J connectivity index is 2.23. The molecule has 2 N–H and O–H groups in total. The van der Waals surface area contributed by atoms with Crippen LogP contribution in [-0.2, 0) is 20.2 Å². The summed E-state index contributed by atoms with van der Waals surface area (Å²) in [6, 6.07) is 4.11. The summed E-state index contributed by atoms with van der Waals surface area (Å²) >= 11 is 6.23. The summed E-state index contributed by atoms with van der Waals surface area (Å²) in [4.78, 5) is 0. The number of halogens is 1. The Bertz CT molecular complexity index is 611. The van der Waals surface area contributed by atoms with Crippen LogP contribution >= 0.6 is 11.6 Å². The second-order valence-electron chi connectivity index (χ2n) is 5.02. The van der Waals surface area contributed by atoms with E-state index in [1.54, 1.807) is 4.68 Å². The summed E-state index contributed by atoms with van der Waals surface area (Å²) in [5.74, 6) is 0.886. The van der Waals surface area contributed by atoms with Crippen molar-refractivity contribution >= 4 is 11.6 Å². The minimum Gasteiger partial charge on any atom is -0.487 e. The zero-order chi connectivity index (χ0) is 14.9. The summed E-state index contributed by atoms with van der Waals surface area (Å²) < 4.78 is 7.70. The van der Waals surface area contributed by atoms with Crippen molar-refractivity contribution in [2.24, 2.45) is 12.8 Å². The zero-order valence-corrected chi connectivity index (χ0v) is 13.1. The molecule has 0 radical (unpaired) electrons. The third kappa shape index (κ3) is 2.81. The molecule has 0 saturated carbocycles. The zero-order valence-electron chi connectivity index (χ0n) is 12.3. The van der Waals surface area contributed by atoms with Crippen LogP contribution in [0.3, 0.4) is 0 Å². The molecule has 0 atom stereocenters. The van der Waals surface area contributed by atoms with Crippen molar-refractivity contribution in [3.8, 4) is 5.75 Å². The fourth-order valence-electron chi connectivity index (χ4n) is 2.36. The van der Waals surface area contributed by atoms with Gasteiger partial charge in [-0.05, 0) is 37.5 Å². The quantitative estimate of drug-likeness (QED) is 0.943. The molecular weight excluding hydrogens is 274 g/mol. The van der Waals surface area contributed by atoms with Gasteiger partial charge in [0.25, 0.3) is 0 Å². The SMILES string of the molecule is Cc1cc(CN)cc(C)c1OCc1c(Cl)c(C)nn1C. The number of nitrogens with two attached hydrogens (primary N) is 1. The molecule has 20 heavy (non-hydrogen) atoms. The Kier molecular flexibility index (Phi) is 4.35. The molecule has 2 aromatic rings. The van der Waals surface area contributed by atoms with Gasteiger partial charge in [0.15, 0.2) is 0 Å². The molecule has 0 aliphatic rings. The van der Waals surface area contributed by atoms with Gasteiger partial charge in [-0.1, -0.05) is 23.7 Å². The molecule has 108 valence electrons. The Labute approximate surface area is 124 Å². The molecule has 1 aromatic carbocycles. The van der Waals surface area contributed by atoms with E-state index >= 15 is 0 Å². The summed E-state index contributed by atoms with van der Waals surface area (Å²) in [6.07, 6.45) is 0. The van der Waals surface area contributed by atoms with Gasteiger partial charge < -0.3 is 10.5 Å². The lowest BCUT2D eigenvalue weighted by Crippen LogP contribution is -2.06. The van der Waals surface area contributed by atoms with Crippen LogP contribution in [0.2, 0.25) is 5.02 Å². The van der Waals surface area contributed by atoms with Crippen LogP contribution in [0.15, 0.2) is 12.1 Å². The van der Waals surface area contributed by atoms with Gasteiger partial charge in [-0.25, -0.2) is 0 Å². The van der Waals surface area contributed by atoms with Crippen LogP contribution in [0.4, 0.5) is 0 Å². The Morgan fingerprint density at radius 3 is 2.30 bits per heavy atom. The van der Waals surface area contributed by atoms with Crippen molar-refractivity contribution in [3.05, 3.63) is 45.2 Å². The van der Waals surface area contributed by atoms with Crippen molar-refractivity contribution in [2.45, 2.75) is 33.9 Å². The molecule has 0 unspecified atom stereocenters. The first-order valence-electron chi connectivity index (χ1n) is 6.55. The van der Waals surface area contributed by atoms with Gasteiger partial charge in [0.1, 0.15) is 12.4 Å². The molecule has 0 aliphatic heterocycles. The molecule has 2 rings (SSSR count). The highest BCUT2D eigenvalue weighted by Crippen LogP contribution is 2.27. The number of hydrogen-bond donors (Lipinski definition) is 1. The number of aryl methyl sites for hydroxylation is 4. The van der Waals surface area contributed by atoms with Crippen LogP contribution in [0.5, 0.6) is 5.75 Å². The van der Waals surface area contributed by atoms with Crippen LogP contribution in [0.1, 0.15) is 28.1 Å². The summed E-state index contributed by atoms with van der Waals surface area (Å²) in [5.41, 5.74) is 10.7. The first kappa shape index (κ1) is 14.9. The largest absolute Gasteiger partial charge is 0.487 e. The van der Waals surface area contributed by atoms with Gasteiger partial charge >= 0.3 is 0 Å². The first-order valence-corrected chi connectivity index (χ1v) is 6.92. The van der Waals surface area contributed by atoms with Crippen molar-refractivity contribution in [2.75, 3.05) is 0 Å². The molecular formula is C15H20ClN3O. The molecule has 0 fully saturated rings. The van der Waals surface area contributed by atoms with Gasteiger partial charge in [-0.2, -0.15) is 5.10 Å². The van der Waals surface area contributed by atoms with E-state index in [0.717, 1.165) is 33.8 Å². The molecule has 0 saturated heterocycles. The normalized spacial score (nSPS) is 10.9. The molecule has 1 aromatic heterocycles. The molecule has 5 heteroatoms. The van der Waals surface area contributed by atoms with E-state index in [-0.39, 0.29) is 0 Å². The average Bonchev–Trinajstić information content (AvgIpc) is 2.63. The van der Waals surface area contributed by atoms with Gasteiger partial charge in [-0.3, -0.25) is 4.68 Å². The van der Waals surface area contributed by atoms with Crippen LogP contribution < -0.4 is 10.5 Å². The van der Waals surface area contributed by atoms with Crippen molar-refractivity contribution < 1.29 is 4.74 Å². The maximum atomic E-state index is 6.23. The molecule has 4 nitrogen and oxygen atoms in total. The number of rotatable bonds is 4. The van der Waals surface area contributed by atoms with Crippen molar-refractivity contribution in [1.82, 2.24) is 9.78 Å². The average molecular weight is 294 g/mol. The fourth-order valence-corrected chi connectivity index (χ4v) is 2.58. The lowest BCUT2D eigenvalue weighted by Gasteiger charge is -2.14. The summed E-state index contributed by atoms with van der Waals surface area (Å²) in [7, 11) is 1.87. The van der Waals surface area contributed by atoms with E-state index in [1.807, 2.05) is 27.8 Å².